The van der Waals surface area contributed by atoms with Crippen LogP contribution in [-0.4, -0.2) is 53.4 Å². The maximum Gasteiger partial charge on any atom is 0.296 e. The van der Waals surface area contributed by atoms with Crippen molar-refractivity contribution in [3.8, 4) is 0 Å². The van der Waals surface area contributed by atoms with Gasteiger partial charge in [0.2, 0.25) is 0 Å². The van der Waals surface area contributed by atoms with Crippen molar-refractivity contribution in [2.24, 2.45) is 0 Å². The number of aliphatic hydroxyl groups excluding tert-OH is 1. The van der Waals surface area contributed by atoms with Crippen LogP contribution in [0.25, 0.3) is 5.76 Å². The quantitative estimate of drug-likeness (QED) is 0.322. The van der Waals surface area contributed by atoms with E-state index in [-0.39, 0.29) is 30.5 Å². The monoisotopic (exact) mass is 458 g/mol. The standard InChI is InChI=1S/C27H26N2O5/c1-3-14-28-21-9-5-4-8-20(21)27(26(28)33)22(23(30)18-12-10-17(2)11-13-18)24(31)25(32)29(27)16-19-7-6-15-34-19/h3-5,8-13,19,30H,1,6-7,14-16H2,2H3/b23-22-. The molecular weight excluding hydrogens is 432 g/mol. The lowest BCUT2D eigenvalue weighted by Crippen LogP contribution is -2.53. The Balaban J connectivity index is 1.79. The highest BCUT2D eigenvalue weighted by molar-refractivity contribution is 6.50. The molecule has 3 heterocycles. The van der Waals surface area contributed by atoms with Gasteiger partial charge in [-0.05, 0) is 25.8 Å². The predicted molar refractivity (Wildman–Crippen MR) is 127 cm³/mol. The lowest BCUT2D eigenvalue weighted by atomic mass is 9.81. The van der Waals surface area contributed by atoms with Crippen molar-refractivity contribution >= 4 is 29.0 Å². The Morgan fingerprint density at radius 2 is 1.91 bits per heavy atom. The van der Waals surface area contributed by atoms with E-state index in [9.17, 15) is 19.5 Å². The van der Waals surface area contributed by atoms with E-state index in [0.29, 0.717) is 23.4 Å². The van der Waals surface area contributed by atoms with Gasteiger partial charge in [-0.3, -0.25) is 14.4 Å². The first-order valence-corrected chi connectivity index (χ1v) is 11.4. The van der Waals surface area contributed by atoms with Gasteiger partial charge in [0.15, 0.2) is 5.54 Å². The number of anilines is 1. The summed E-state index contributed by atoms with van der Waals surface area (Å²) in [5, 5.41) is 11.4. The summed E-state index contributed by atoms with van der Waals surface area (Å²) in [5.74, 6) is -2.51. The lowest BCUT2D eigenvalue weighted by molar-refractivity contribution is -0.145. The number of amides is 2. The zero-order chi connectivity index (χ0) is 24.0. The van der Waals surface area contributed by atoms with Gasteiger partial charge in [0.25, 0.3) is 17.6 Å². The number of ether oxygens (including phenoxy) is 1. The van der Waals surface area contributed by atoms with Crippen LogP contribution in [0.5, 0.6) is 0 Å². The number of Topliss-reactive ketones (excluding diaryl/α,β-unsaturated/α-hetero) is 1. The van der Waals surface area contributed by atoms with Crippen LogP contribution < -0.4 is 4.90 Å². The van der Waals surface area contributed by atoms with Crippen LogP contribution in [0.3, 0.4) is 0 Å². The van der Waals surface area contributed by atoms with Crippen LogP contribution in [0.2, 0.25) is 0 Å². The number of aryl methyl sites for hydroxylation is 1. The van der Waals surface area contributed by atoms with Crippen LogP contribution in [-0.2, 0) is 24.7 Å². The van der Waals surface area contributed by atoms with Crippen LogP contribution >= 0.6 is 0 Å². The summed E-state index contributed by atoms with van der Waals surface area (Å²) in [6, 6.07) is 14.1. The molecule has 7 nitrogen and oxygen atoms in total. The molecule has 0 bridgehead atoms. The first kappa shape index (κ1) is 22.1. The number of rotatable bonds is 5. The summed E-state index contributed by atoms with van der Waals surface area (Å²) in [6.45, 7) is 6.52. The van der Waals surface area contributed by atoms with Crippen LogP contribution in [0.1, 0.15) is 29.5 Å². The van der Waals surface area contributed by atoms with E-state index in [1.54, 1.807) is 54.6 Å². The summed E-state index contributed by atoms with van der Waals surface area (Å²) in [7, 11) is 0. The van der Waals surface area contributed by atoms with Crippen LogP contribution in [0.15, 0.2) is 66.8 Å². The van der Waals surface area contributed by atoms with Gasteiger partial charge in [-0.15, -0.1) is 6.58 Å². The highest BCUT2D eigenvalue weighted by atomic mass is 16.5. The normalized spacial score (nSPS) is 25.4. The summed E-state index contributed by atoms with van der Waals surface area (Å²) in [5.41, 5.74) is 0.448. The first-order valence-electron chi connectivity index (χ1n) is 11.4. The van der Waals surface area contributed by atoms with E-state index in [2.05, 4.69) is 6.58 Å². The summed E-state index contributed by atoms with van der Waals surface area (Å²) < 4.78 is 5.77. The number of fused-ring (bicyclic) bond motifs is 2. The molecule has 34 heavy (non-hydrogen) atoms. The zero-order valence-electron chi connectivity index (χ0n) is 19.0. The first-order chi connectivity index (χ1) is 16.4. The molecule has 0 saturated carbocycles. The molecule has 0 aromatic heterocycles. The molecular formula is C27H26N2O5. The van der Waals surface area contributed by atoms with Crippen molar-refractivity contribution in [1.29, 1.82) is 0 Å². The number of hydrogen-bond donors (Lipinski definition) is 1. The van der Waals surface area contributed by atoms with Crippen LogP contribution in [0, 0.1) is 6.92 Å². The highest BCUT2D eigenvalue weighted by Gasteiger charge is 2.67. The smallest absolute Gasteiger partial charge is 0.296 e. The molecule has 2 aromatic rings. The van der Waals surface area contributed by atoms with Gasteiger partial charge >= 0.3 is 0 Å². The molecule has 1 N–H and O–H groups in total. The SMILES string of the molecule is C=CCN1C(=O)C2(/C(=C(\O)c3ccc(C)cc3)C(=O)C(=O)N2CC2CCCO2)c2ccccc21. The third kappa shape index (κ3) is 3.04. The van der Waals surface area contributed by atoms with Gasteiger partial charge in [-0.2, -0.15) is 0 Å². The molecule has 3 aliphatic heterocycles. The fraction of sp³-hybridized carbons (Fsp3) is 0.296. The number of ketones is 1. The maximum absolute atomic E-state index is 14.2. The number of likely N-dealkylation sites (tertiary alicyclic amines) is 1. The maximum atomic E-state index is 14.2. The average Bonchev–Trinajstić information content (AvgIpc) is 3.49. The van der Waals surface area contributed by atoms with Crippen molar-refractivity contribution in [3.05, 3.63) is 83.4 Å². The Bertz CT molecular complexity index is 1230. The van der Waals surface area contributed by atoms with Crippen molar-refractivity contribution in [3.63, 3.8) is 0 Å². The Labute approximate surface area is 197 Å². The Morgan fingerprint density at radius 1 is 1.18 bits per heavy atom. The van der Waals surface area contributed by atoms with E-state index in [1.165, 1.54) is 9.80 Å². The molecule has 2 aromatic carbocycles. The van der Waals surface area contributed by atoms with Gasteiger partial charge in [0.05, 0.1) is 17.4 Å². The molecule has 1 spiro atoms. The van der Waals surface area contributed by atoms with Crippen molar-refractivity contribution in [2.45, 2.75) is 31.4 Å². The average molecular weight is 459 g/mol. The molecule has 7 heteroatoms. The highest BCUT2D eigenvalue weighted by Crippen LogP contribution is 2.53. The molecule has 2 atom stereocenters. The van der Waals surface area contributed by atoms with E-state index in [4.69, 9.17) is 4.74 Å². The number of para-hydroxylation sites is 1. The number of carbonyl (C=O) groups excluding carboxylic acids is 3. The van der Waals surface area contributed by atoms with Crippen molar-refractivity contribution in [1.82, 2.24) is 4.90 Å². The fourth-order valence-electron chi connectivity index (χ4n) is 5.28. The fourth-order valence-corrected chi connectivity index (χ4v) is 5.28. The van der Waals surface area contributed by atoms with Gasteiger partial charge in [0.1, 0.15) is 5.76 Å². The van der Waals surface area contributed by atoms with Gasteiger partial charge in [0, 0.05) is 30.8 Å². The minimum atomic E-state index is -1.77. The molecule has 3 aliphatic rings. The molecule has 5 rings (SSSR count). The molecule has 2 saturated heterocycles. The molecule has 2 amide bonds. The second-order valence-electron chi connectivity index (χ2n) is 8.90. The summed E-state index contributed by atoms with van der Waals surface area (Å²) in [6.07, 6.45) is 2.88. The summed E-state index contributed by atoms with van der Waals surface area (Å²) in [4.78, 5) is 44.0. The van der Waals surface area contributed by atoms with Gasteiger partial charge in [-0.1, -0.05) is 54.1 Å². The van der Waals surface area contributed by atoms with Crippen molar-refractivity contribution in [2.75, 3.05) is 24.6 Å². The number of aliphatic hydroxyl groups is 1. The minimum absolute atomic E-state index is 0.0806. The largest absolute Gasteiger partial charge is 0.507 e. The van der Waals surface area contributed by atoms with E-state index >= 15 is 0 Å². The van der Waals surface area contributed by atoms with Gasteiger partial charge < -0.3 is 19.6 Å². The van der Waals surface area contributed by atoms with E-state index in [0.717, 1.165) is 18.4 Å². The molecule has 0 aliphatic carbocycles. The Morgan fingerprint density at radius 3 is 2.59 bits per heavy atom. The number of carbonyl (C=O) groups is 3. The summed E-state index contributed by atoms with van der Waals surface area (Å²) >= 11 is 0. The van der Waals surface area contributed by atoms with Crippen LogP contribution in [0.4, 0.5) is 5.69 Å². The molecule has 2 unspecified atom stereocenters. The molecule has 174 valence electrons. The number of hydrogen-bond acceptors (Lipinski definition) is 5. The minimum Gasteiger partial charge on any atom is -0.507 e. The molecule has 0 radical (unpaired) electrons. The second kappa shape index (κ2) is 8.25. The Kier molecular flexibility index (Phi) is 5.37. The Hall–Kier alpha value is -3.71. The van der Waals surface area contributed by atoms with Crippen molar-refractivity contribution < 1.29 is 24.2 Å². The predicted octanol–water partition coefficient (Wildman–Crippen LogP) is 3.28. The molecule has 2 fully saturated rings. The lowest BCUT2D eigenvalue weighted by Gasteiger charge is -2.35. The zero-order valence-corrected chi connectivity index (χ0v) is 19.0. The van der Waals surface area contributed by atoms with Gasteiger partial charge in [-0.25, -0.2) is 0 Å². The second-order valence-corrected chi connectivity index (χ2v) is 8.90. The third-order valence-corrected chi connectivity index (χ3v) is 6.86. The topological polar surface area (TPSA) is 87.2 Å². The number of benzene rings is 2. The van der Waals surface area contributed by atoms with E-state index in [1.807, 2.05) is 6.92 Å². The van der Waals surface area contributed by atoms with E-state index < -0.39 is 23.1 Å². The third-order valence-electron chi connectivity index (χ3n) is 6.86. The number of nitrogens with zero attached hydrogens (tertiary/aromatic N) is 2.